The molecule has 0 aliphatic carbocycles. The molecule has 0 radical (unpaired) electrons. The molecule has 0 bridgehead atoms. The molecule has 0 aromatic rings. The topological polar surface area (TPSA) is 55.4 Å². The van der Waals surface area contributed by atoms with Gasteiger partial charge < -0.3 is 10.1 Å². The van der Waals surface area contributed by atoms with Crippen molar-refractivity contribution in [1.82, 2.24) is 5.32 Å². The van der Waals surface area contributed by atoms with Gasteiger partial charge in [0.2, 0.25) is 0 Å². The van der Waals surface area contributed by atoms with Crippen LogP contribution in [0.2, 0.25) is 0 Å². The zero-order valence-electron chi connectivity index (χ0n) is 8.72. The number of rotatable bonds is 4. The van der Waals surface area contributed by atoms with Crippen LogP contribution >= 0.6 is 22.6 Å². The molecule has 0 saturated carbocycles. The van der Waals surface area contributed by atoms with Gasteiger partial charge in [-0.1, -0.05) is 0 Å². The molecule has 0 saturated heterocycles. The third kappa shape index (κ3) is 9.76. The number of carbonyl (C=O) groups is 2. The van der Waals surface area contributed by atoms with Crippen LogP contribution in [0.15, 0.2) is 0 Å². The maximum absolute atomic E-state index is 11.1. The number of halogens is 1. The van der Waals surface area contributed by atoms with E-state index < -0.39 is 11.7 Å². The average Bonchev–Trinajstić information content (AvgIpc) is 1.94. The summed E-state index contributed by atoms with van der Waals surface area (Å²) in [4.78, 5) is 21.6. The van der Waals surface area contributed by atoms with Gasteiger partial charge in [-0.3, -0.25) is 4.79 Å². The Kier molecular flexibility index (Phi) is 6.06. The second-order valence-electron chi connectivity index (χ2n) is 3.89. The van der Waals surface area contributed by atoms with Crippen LogP contribution in [0, 0.1) is 0 Å². The van der Waals surface area contributed by atoms with E-state index in [-0.39, 0.29) is 3.79 Å². The summed E-state index contributed by atoms with van der Waals surface area (Å²) < 4.78 is 5.11. The number of hydrogen-bond acceptors (Lipinski definition) is 3. The summed E-state index contributed by atoms with van der Waals surface area (Å²) in [5.41, 5.74) is -0.469. The highest BCUT2D eigenvalue weighted by molar-refractivity contribution is 14.1. The van der Waals surface area contributed by atoms with Crippen molar-refractivity contribution in [2.75, 3.05) is 6.54 Å². The molecular weight excluding hydrogens is 297 g/mol. The molecule has 1 N–H and O–H groups in total. The molecule has 0 aliphatic rings. The first-order chi connectivity index (χ1) is 6.31. The first kappa shape index (κ1) is 13.7. The van der Waals surface area contributed by atoms with E-state index in [1.807, 2.05) is 0 Å². The minimum atomic E-state index is -0.469. The SMILES string of the molecule is CC(C)(C)OC(=O)NCCCC(=O)I. The lowest BCUT2D eigenvalue weighted by Crippen LogP contribution is -2.33. The Morgan fingerprint density at radius 3 is 2.36 bits per heavy atom. The van der Waals surface area contributed by atoms with Gasteiger partial charge in [0.1, 0.15) is 5.60 Å². The number of hydrogen-bond donors (Lipinski definition) is 1. The molecule has 0 heterocycles. The van der Waals surface area contributed by atoms with E-state index >= 15 is 0 Å². The highest BCUT2D eigenvalue weighted by Crippen LogP contribution is 2.06. The van der Waals surface area contributed by atoms with Crippen molar-refractivity contribution in [3.63, 3.8) is 0 Å². The molecule has 0 rings (SSSR count). The standard InChI is InChI=1S/C9H16INO3/c1-9(2,3)14-8(13)11-6-4-5-7(10)12/h4-6H2,1-3H3,(H,11,13). The van der Waals surface area contributed by atoms with Gasteiger partial charge >= 0.3 is 6.09 Å². The summed E-state index contributed by atoms with van der Waals surface area (Å²) in [5, 5.41) is 2.58. The van der Waals surface area contributed by atoms with Gasteiger partial charge in [0.15, 0.2) is 3.79 Å². The number of carbonyl (C=O) groups excluding carboxylic acids is 2. The minimum absolute atomic E-state index is 0.105. The summed E-state index contributed by atoms with van der Waals surface area (Å²) in [6.45, 7) is 5.90. The molecule has 4 nitrogen and oxygen atoms in total. The van der Waals surface area contributed by atoms with E-state index in [1.54, 1.807) is 43.4 Å². The Morgan fingerprint density at radius 1 is 1.36 bits per heavy atom. The Bertz CT molecular complexity index is 211. The van der Waals surface area contributed by atoms with Crippen LogP contribution in [-0.4, -0.2) is 22.0 Å². The summed E-state index contributed by atoms with van der Waals surface area (Å²) >= 11 is 1.74. The summed E-state index contributed by atoms with van der Waals surface area (Å²) in [7, 11) is 0. The summed E-state index contributed by atoms with van der Waals surface area (Å²) in [6.07, 6.45) is 0.704. The molecule has 0 fully saturated rings. The molecular formula is C9H16INO3. The van der Waals surface area contributed by atoms with Crippen molar-refractivity contribution in [2.24, 2.45) is 0 Å². The number of ether oxygens (including phenoxy) is 1. The van der Waals surface area contributed by atoms with Gasteiger partial charge in [-0.15, -0.1) is 0 Å². The van der Waals surface area contributed by atoms with Crippen LogP contribution in [0.1, 0.15) is 33.6 Å². The van der Waals surface area contributed by atoms with E-state index in [4.69, 9.17) is 4.74 Å². The Morgan fingerprint density at radius 2 is 1.93 bits per heavy atom. The van der Waals surface area contributed by atoms with E-state index in [1.165, 1.54) is 0 Å². The highest BCUT2D eigenvalue weighted by atomic mass is 127. The monoisotopic (exact) mass is 313 g/mol. The highest BCUT2D eigenvalue weighted by Gasteiger charge is 2.15. The Balaban J connectivity index is 3.50. The van der Waals surface area contributed by atoms with E-state index in [2.05, 4.69) is 5.32 Å². The van der Waals surface area contributed by atoms with Crippen molar-refractivity contribution in [3.8, 4) is 0 Å². The van der Waals surface area contributed by atoms with Crippen LogP contribution in [0.4, 0.5) is 4.79 Å². The quantitative estimate of drug-likeness (QED) is 0.492. The molecule has 0 aromatic carbocycles. The van der Waals surface area contributed by atoms with Gasteiger partial charge in [0.25, 0.3) is 0 Å². The molecule has 0 spiro atoms. The number of amides is 1. The van der Waals surface area contributed by atoms with Crippen molar-refractivity contribution >= 4 is 32.5 Å². The maximum atomic E-state index is 11.1. The second kappa shape index (κ2) is 6.21. The Labute approximate surface area is 97.9 Å². The molecule has 0 atom stereocenters. The van der Waals surface area contributed by atoms with Crippen molar-refractivity contribution in [3.05, 3.63) is 0 Å². The number of alkyl carbamates (subject to hydrolysis) is 1. The average molecular weight is 313 g/mol. The first-order valence-electron chi connectivity index (χ1n) is 4.46. The van der Waals surface area contributed by atoms with Gasteiger partial charge in [0, 0.05) is 13.0 Å². The van der Waals surface area contributed by atoms with Crippen LogP contribution in [0.25, 0.3) is 0 Å². The molecule has 82 valence electrons. The molecule has 0 unspecified atom stereocenters. The first-order valence-corrected chi connectivity index (χ1v) is 5.54. The fourth-order valence-corrected chi connectivity index (χ4v) is 1.11. The van der Waals surface area contributed by atoms with Crippen LogP contribution in [0.3, 0.4) is 0 Å². The lowest BCUT2D eigenvalue weighted by Gasteiger charge is -2.19. The van der Waals surface area contributed by atoms with Gasteiger partial charge in [-0.05, 0) is 49.8 Å². The van der Waals surface area contributed by atoms with Crippen LogP contribution in [0.5, 0.6) is 0 Å². The molecule has 5 heteroatoms. The van der Waals surface area contributed by atoms with E-state index in [0.29, 0.717) is 19.4 Å². The summed E-state index contributed by atoms with van der Waals surface area (Å²) in [5.74, 6) is 0. The largest absolute Gasteiger partial charge is 0.444 e. The predicted molar refractivity (Wildman–Crippen MR) is 62.5 cm³/mol. The Hall–Kier alpha value is -0.330. The third-order valence-corrected chi connectivity index (χ3v) is 1.76. The number of nitrogens with one attached hydrogen (secondary N) is 1. The normalized spacial score (nSPS) is 10.9. The van der Waals surface area contributed by atoms with E-state index in [9.17, 15) is 9.59 Å². The minimum Gasteiger partial charge on any atom is -0.444 e. The van der Waals surface area contributed by atoms with Gasteiger partial charge in [0.05, 0.1) is 0 Å². The van der Waals surface area contributed by atoms with Gasteiger partial charge in [-0.25, -0.2) is 4.79 Å². The third-order valence-electron chi connectivity index (χ3n) is 1.22. The van der Waals surface area contributed by atoms with Crippen LogP contribution < -0.4 is 5.32 Å². The zero-order valence-corrected chi connectivity index (χ0v) is 10.9. The molecule has 14 heavy (non-hydrogen) atoms. The second-order valence-corrected chi connectivity index (χ2v) is 5.09. The van der Waals surface area contributed by atoms with Crippen molar-refractivity contribution in [2.45, 2.75) is 39.2 Å². The van der Waals surface area contributed by atoms with Crippen LogP contribution in [-0.2, 0) is 9.53 Å². The lowest BCUT2D eigenvalue weighted by atomic mass is 10.2. The molecule has 0 aliphatic heterocycles. The predicted octanol–water partition coefficient (Wildman–Crippen LogP) is 2.25. The lowest BCUT2D eigenvalue weighted by molar-refractivity contribution is -0.109. The summed E-state index contributed by atoms with van der Waals surface area (Å²) in [6, 6.07) is 0. The maximum Gasteiger partial charge on any atom is 0.407 e. The fourth-order valence-electron chi connectivity index (χ4n) is 0.732. The van der Waals surface area contributed by atoms with Crippen molar-refractivity contribution in [1.29, 1.82) is 0 Å². The zero-order chi connectivity index (χ0) is 11.2. The molecule has 1 amide bonds. The van der Waals surface area contributed by atoms with E-state index in [0.717, 1.165) is 0 Å². The fraction of sp³-hybridized carbons (Fsp3) is 0.778. The van der Waals surface area contributed by atoms with Crippen molar-refractivity contribution < 1.29 is 14.3 Å². The smallest absolute Gasteiger partial charge is 0.407 e. The molecule has 0 aromatic heterocycles. The van der Waals surface area contributed by atoms with Gasteiger partial charge in [-0.2, -0.15) is 0 Å².